The Labute approximate surface area is 136 Å². The van der Waals surface area contributed by atoms with Crippen molar-refractivity contribution in [2.45, 2.75) is 75.7 Å². The highest BCUT2D eigenvalue weighted by molar-refractivity contribution is 5.85. The van der Waals surface area contributed by atoms with E-state index in [1.807, 2.05) is 0 Å². The van der Waals surface area contributed by atoms with E-state index in [-0.39, 0.29) is 24.8 Å². The monoisotopic (exact) mass is 330 g/mol. The second-order valence-electron chi connectivity index (χ2n) is 5.44. The van der Waals surface area contributed by atoms with Gasteiger partial charge in [-0.05, 0) is 25.7 Å². The van der Waals surface area contributed by atoms with Crippen LogP contribution in [-0.4, -0.2) is 38.5 Å². The summed E-state index contributed by atoms with van der Waals surface area (Å²) in [4.78, 5) is 0. The molecule has 0 aromatic carbocycles. The Morgan fingerprint density at radius 1 is 0.650 bits per heavy atom. The summed E-state index contributed by atoms with van der Waals surface area (Å²) in [5, 5.41) is 0. The molecule has 20 heavy (non-hydrogen) atoms. The first kappa shape index (κ1) is 22.7. The van der Waals surface area contributed by atoms with Gasteiger partial charge in [0.2, 0.25) is 0 Å². The summed E-state index contributed by atoms with van der Waals surface area (Å²) in [6.45, 7) is 0. The van der Waals surface area contributed by atoms with Gasteiger partial charge in [0.05, 0.1) is 12.2 Å². The highest BCUT2D eigenvalue weighted by atomic mass is 35.5. The predicted octanol–water partition coefficient (Wildman–Crippen LogP) is 2.65. The highest BCUT2D eigenvalue weighted by Crippen LogP contribution is 2.19. The van der Waals surface area contributed by atoms with Crippen molar-refractivity contribution in [3.63, 3.8) is 0 Å². The van der Waals surface area contributed by atoms with Crippen molar-refractivity contribution in [3.05, 3.63) is 0 Å². The van der Waals surface area contributed by atoms with Crippen LogP contribution in [0, 0.1) is 0 Å². The second kappa shape index (κ2) is 13.1. The molecule has 2 aliphatic carbocycles. The van der Waals surface area contributed by atoms with Crippen molar-refractivity contribution in [1.29, 1.82) is 0 Å². The van der Waals surface area contributed by atoms with Gasteiger partial charge in [-0.25, -0.2) is 0 Å². The molecule has 0 unspecified atom stereocenters. The fraction of sp³-hybridized carbons (Fsp3) is 1.00. The van der Waals surface area contributed by atoms with Gasteiger partial charge in [0.1, 0.15) is 0 Å². The number of rotatable bonds is 2. The molecule has 2 fully saturated rings. The normalized spacial score (nSPS) is 33.0. The van der Waals surface area contributed by atoms with Crippen LogP contribution in [0.1, 0.15) is 51.4 Å². The molecule has 0 aromatic heterocycles. The zero-order valence-electron chi connectivity index (χ0n) is 12.8. The predicted molar refractivity (Wildman–Crippen MR) is 89.0 cm³/mol. The van der Waals surface area contributed by atoms with E-state index in [4.69, 9.17) is 20.9 Å². The van der Waals surface area contributed by atoms with Gasteiger partial charge in [0.15, 0.2) is 0 Å². The van der Waals surface area contributed by atoms with Crippen LogP contribution >= 0.6 is 24.8 Å². The van der Waals surface area contributed by atoms with Crippen molar-refractivity contribution in [2.24, 2.45) is 11.5 Å². The molecule has 0 spiro atoms. The Morgan fingerprint density at radius 3 is 1.15 bits per heavy atom. The summed E-state index contributed by atoms with van der Waals surface area (Å²) in [6, 6.07) is 0.590. The average molecular weight is 331 g/mol. The number of hydrogen-bond donors (Lipinski definition) is 2. The third-order valence-electron chi connectivity index (χ3n) is 4.11. The van der Waals surface area contributed by atoms with Crippen LogP contribution in [0.15, 0.2) is 0 Å². The molecule has 0 aliphatic heterocycles. The first-order valence-corrected chi connectivity index (χ1v) is 7.25. The SMILES string of the molecule is CO[C@@H]1CCCC[C@H]1N.CO[C@H]1CCCC[C@@H]1N.Cl.Cl. The lowest BCUT2D eigenvalue weighted by Crippen LogP contribution is -2.38. The fourth-order valence-electron chi connectivity index (χ4n) is 2.84. The molecule has 0 amide bonds. The Balaban J connectivity index is 0. The lowest BCUT2D eigenvalue weighted by atomic mass is 9.93. The van der Waals surface area contributed by atoms with Crippen molar-refractivity contribution >= 4 is 24.8 Å². The van der Waals surface area contributed by atoms with Crippen molar-refractivity contribution in [1.82, 2.24) is 0 Å². The zero-order chi connectivity index (χ0) is 13.4. The maximum atomic E-state index is 5.76. The van der Waals surface area contributed by atoms with Gasteiger partial charge in [-0.3, -0.25) is 0 Å². The molecule has 4 atom stereocenters. The summed E-state index contributed by atoms with van der Waals surface area (Å²) >= 11 is 0. The van der Waals surface area contributed by atoms with E-state index in [2.05, 4.69) is 0 Å². The molecule has 2 rings (SSSR count). The summed E-state index contributed by atoms with van der Waals surface area (Å²) in [5.74, 6) is 0. The molecule has 6 heteroatoms. The molecule has 124 valence electrons. The van der Waals surface area contributed by atoms with Gasteiger partial charge in [0, 0.05) is 26.3 Å². The summed E-state index contributed by atoms with van der Waals surface area (Å²) in [7, 11) is 3.49. The number of nitrogens with two attached hydrogens (primary N) is 2. The molecule has 2 aliphatic rings. The van der Waals surface area contributed by atoms with Crippen LogP contribution in [0.3, 0.4) is 0 Å². The maximum absolute atomic E-state index is 5.76. The summed E-state index contributed by atoms with van der Waals surface area (Å²) < 4.78 is 10.4. The minimum Gasteiger partial charge on any atom is -0.380 e. The Morgan fingerprint density at radius 2 is 0.950 bits per heavy atom. The van der Waals surface area contributed by atoms with E-state index in [0.29, 0.717) is 24.3 Å². The molecule has 0 heterocycles. The minimum atomic E-state index is 0. The molecular weight excluding hydrogens is 299 g/mol. The van der Waals surface area contributed by atoms with Gasteiger partial charge >= 0.3 is 0 Å². The van der Waals surface area contributed by atoms with E-state index >= 15 is 0 Å². The number of ether oxygens (including phenoxy) is 2. The van der Waals surface area contributed by atoms with E-state index in [9.17, 15) is 0 Å². The molecule has 0 radical (unpaired) electrons. The fourth-order valence-corrected chi connectivity index (χ4v) is 2.84. The maximum Gasteiger partial charge on any atom is 0.0722 e. The van der Waals surface area contributed by atoms with E-state index in [0.717, 1.165) is 25.7 Å². The van der Waals surface area contributed by atoms with Gasteiger partial charge in [-0.15, -0.1) is 24.8 Å². The Kier molecular flexibility index (Phi) is 14.9. The van der Waals surface area contributed by atoms with Crippen LogP contribution in [0.2, 0.25) is 0 Å². The molecule has 4 N–H and O–H groups in total. The number of hydrogen-bond acceptors (Lipinski definition) is 4. The molecule has 0 saturated heterocycles. The van der Waals surface area contributed by atoms with Crippen molar-refractivity contribution < 1.29 is 9.47 Å². The third kappa shape index (κ3) is 8.01. The Hall–Kier alpha value is 0.420. The van der Waals surface area contributed by atoms with Crippen LogP contribution in [0.4, 0.5) is 0 Å². The van der Waals surface area contributed by atoms with Crippen LogP contribution in [0.25, 0.3) is 0 Å². The largest absolute Gasteiger partial charge is 0.380 e. The quantitative estimate of drug-likeness (QED) is 0.816. The van der Waals surface area contributed by atoms with Crippen LogP contribution < -0.4 is 11.5 Å². The molecule has 2 saturated carbocycles. The smallest absolute Gasteiger partial charge is 0.0722 e. The number of halogens is 2. The molecule has 4 nitrogen and oxygen atoms in total. The third-order valence-corrected chi connectivity index (χ3v) is 4.11. The van der Waals surface area contributed by atoms with E-state index < -0.39 is 0 Å². The summed E-state index contributed by atoms with van der Waals surface area (Å²) in [6.07, 6.45) is 10.4. The topological polar surface area (TPSA) is 70.5 Å². The molecular formula is C14H32Cl2N2O2. The first-order valence-electron chi connectivity index (χ1n) is 7.25. The lowest BCUT2D eigenvalue weighted by Gasteiger charge is -2.26. The summed E-state index contributed by atoms with van der Waals surface area (Å²) in [5.41, 5.74) is 11.5. The highest BCUT2D eigenvalue weighted by Gasteiger charge is 2.21. The van der Waals surface area contributed by atoms with Crippen LogP contribution in [-0.2, 0) is 9.47 Å². The number of methoxy groups -OCH3 is 2. The average Bonchev–Trinajstić information content (AvgIpc) is 2.41. The molecule has 0 bridgehead atoms. The van der Waals surface area contributed by atoms with Gasteiger partial charge in [-0.2, -0.15) is 0 Å². The Bertz CT molecular complexity index is 201. The molecule has 0 aromatic rings. The van der Waals surface area contributed by atoms with Gasteiger partial charge < -0.3 is 20.9 Å². The lowest BCUT2D eigenvalue weighted by molar-refractivity contribution is 0.0545. The second-order valence-corrected chi connectivity index (χ2v) is 5.44. The van der Waals surface area contributed by atoms with Gasteiger partial charge in [-0.1, -0.05) is 25.7 Å². The van der Waals surface area contributed by atoms with Gasteiger partial charge in [0.25, 0.3) is 0 Å². The van der Waals surface area contributed by atoms with E-state index in [1.54, 1.807) is 14.2 Å². The van der Waals surface area contributed by atoms with Crippen LogP contribution in [0.5, 0.6) is 0 Å². The van der Waals surface area contributed by atoms with Crippen molar-refractivity contribution in [2.75, 3.05) is 14.2 Å². The first-order chi connectivity index (χ1) is 8.69. The van der Waals surface area contributed by atoms with Crippen molar-refractivity contribution in [3.8, 4) is 0 Å². The zero-order valence-corrected chi connectivity index (χ0v) is 14.4. The minimum absolute atomic E-state index is 0. The standard InChI is InChI=1S/2C7H15NO.2ClH/c2*1-9-7-5-3-2-4-6(7)8;;/h2*6-7H,2-5,8H2,1H3;2*1H/t2*6-,7-;;/m10../s1. The van der Waals surface area contributed by atoms with E-state index in [1.165, 1.54) is 25.7 Å².